The largest absolute Gasteiger partial charge is 0.370 e. The molecular formula is C10H19N3OS. The number of hydrogen-bond donors (Lipinski definition) is 2. The molecule has 1 atom stereocenters. The van der Waals surface area contributed by atoms with Crippen LogP contribution in [0.15, 0.2) is 17.6 Å². The van der Waals surface area contributed by atoms with E-state index in [1.807, 2.05) is 0 Å². The fraction of sp³-hybridized carbons (Fsp3) is 0.700. The van der Waals surface area contributed by atoms with Crippen molar-refractivity contribution >= 4 is 16.8 Å². The van der Waals surface area contributed by atoms with Crippen LogP contribution in [0.25, 0.3) is 0 Å². The highest BCUT2D eigenvalue weighted by Gasteiger charge is 2.40. The van der Waals surface area contributed by atoms with E-state index < -0.39 is 10.8 Å². The normalized spacial score (nSPS) is 21.5. The molecule has 0 aliphatic heterocycles. The molecule has 1 unspecified atom stereocenters. The third kappa shape index (κ3) is 3.06. The number of guanidine groups is 1. The van der Waals surface area contributed by atoms with Gasteiger partial charge in [0.2, 0.25) is 0 Å². The van der Waals surface area contributed by atoms with Crippen molar-refractivity contribution in [3.63, 3.8) is 0 Å². The number of nitrogens with two attached hydrogens (primary N) is 1. The Balaban J connectivity index is 2.46. The van der Waals surface area contributed by atoms with Crippen LogP contribution in [-0.2, 0) is 10.8 Å². The second-order valence-corrected chi connectivity index (χ2v) is 5.64. The number of hydrogen-bond acceptors (Lipinski definition) is 2. The first-order valence-electron chi connectivity index (χ1n) is 5.09. The average molecular weight is 229 g/mol. The molecule has 0 aromatic heterocycles. The summed E-state index contributed by atoms with van der Waals surface area (Å²) in [6.45, 7) is 4.75. The first kappa shape index (κ1) is 12.2. The van der Waals surface area contributed by atoms with Gasteiger partial charge in [0, 0.05) is 23.6 Å². The van der Waals surface area contributed by atoms with E-state index in [0.29, 0.717) is 19.0 Å². The summed E-state index contributed by atoms with van der Waals surface area (Å²) < 4.78 is 11.4. The summed E-state index contributed by atoms with van der Waals surface area (Å²) in [5.74, 6) is 0.409. The lowest BCUT2D eigenvalue weighted by Crippen LogP contribution is -2.45. The van der Waals surface area contributed by atoms with Gasteiger partial charge in [-0.15, -0.1) is 6.58 Å². The maximum atomic E-state index is 11.5. The van der Waals surface area contributed by atoms with E-state index in [1.54, 1.807) is 12.3 Å². The Morgan fingerprint density at radius 3 is 2.80 bits per heavy atom. The molecule has 0 bridgehead atoms. The highest BCUT2D eigenvalue weighted by molar-refractivity contribution is 7.85. The molecule has 86 valence electrons. The molecule has 0 saturated heterocycles. The summed E-state index contributed by atoms with van der Waals surface area (Å²) >= 11 is 0. The Morgan fingerprint density at radius 1 is 1.73 bits per heavy atom. The van der Waals surface area contributed by atoms with Crippen LogP contribution in [-0.4, -0.2) is 34.3 Å². The molecule has 0 amide bonds. The monoisotopic (exact) mass is 229 g/mol. The van der Waals surface area contributed by atoms with E-state index in [2.05, 4.69) is 16.9 Å². The molecule has 1 rings (SSSR count). The molecule has 0 spiro atoms. The van der Waals surface area contributed by atoms with E-state index in [9.17, 15) is 4.21 Å². The fourth-order valence-electron chi connectivity index (χ4n) is 1.57. The van der Waals surface area contributed by atoms with Gasteiger partial charge >= 0.3 is 0 Å². The van der Waals surface area contributed by atoms with Crippen LogP contribution >= 0.6 is 0 Å². The molecular weight excluding hydrogens is 210 g/mol. The average Bonchev–Trinajstić information content (AvgIpc) is 2.12. The number of aliphatic imine (C=N–C) groups is 1. The number of nitrogens with zero attached hydrogens (tertiary/aromatic N) is 1. The zero-order valence-electron chi connectivity index (χ0n) is 9.16. The van der Waals surface area contributed by atoms with E-state index in [1.165, 1.54) is 0 Å². The van der Waals surface area contributed by atoms with Crippen LogP contribution in [0.3, 0.4) is 0 Å². The summed E-state index contributed by atoms with van der Waals surface area (Å²) in [6.07, 6.45) is 6.61. The predicted octanol–water partition coefficient (Wildman–Crippen LogP) is 0.378. The maximum Gasteiger partial charge on any atom is 0.188 e. The molecule has 0 aromatic carbocycles. The molecule has 1 fully saturated rings. The van der Waals surface area contributed by atoms with Gasteiger partial charge in [-0.2, -0.15) is 0 Å². The summed E-state index contributed by atoms with van der Waals surface area (Å²) in [7, 11) is -0.815. The third-order valence-electron chi connectivity index (χ3n) is 2.84. The van der Waals surface area contributed by atoms with E-state index in [-0.39, 0.29) is 4.75 Å². The Bertz CT molecular complexity index is 284. The fourth-order valence-corrected chi connectivity index (χ4v) is 2.68. The van der Waals surface area contributed by atoms with Gasteiger partial charge in [0.1, 0.15) is 0 Å². The van der Waals surface area contributed by atoms with Crippen molar-refractivity contribution in [3.05, 3.63) is 12.7 Å². The molecule has 1 aliphatic rings. The van der Waals surface area contributed by atoms with E-state index >= 15 is 0 Å². The minimum absolute atomic E-state index is 0.111. The Morgan fingerprint density at radius 2 is 2.40 bits per heavy atom. The number of nitrogens with one attached hydrogen (secondary N) is 1. The van der Waals surface area contributed by atoms with Gasteiger partial charge in [0.05, 0.1) is 11.3 Å². The van der Waals surface area contributed by atoms with Gasteiger partial charge < -0.3 is 11.1 Å². The topological polar surface area (TPSA) is 67.5 Å². The van der Waals surface area contributed by atoms with Gasteiger partial charge in [-0.25, -0.2) is 0 Å². The molecule has 5 heteroatoms. The molecule has 0 radical (unpaired) electrons. The minimum Gasteiger partial charge on any atom is -0.370 e. The van der Waals surface area contributed by atoms with Gasteiger partial charge in [0.25, 0.3) is 0 Å². The SMILES string of the molecule is C=CCNC(N)=NCC1(S(C)=O)CCC1. The predicted molar refractivity (Wildman–Crippen MR) is 65.3 cm³/mol. The quantitative estimate of drug-likeness (QED) is 0.407. The molecule has 4 nitrogen and oxygen atoms in total. The van der Waals surface area contributed by atoms with Gasteiger partial charge in [-0.05, 0) is 12.8 Å². The molecule has 1 aliphatic carbocycles. The molecule has 1 saturated carbocycles. The smallest absolute Gasteiger partial charge is 0.188 e. The van der Waals surface area contributed by atoms with Crippen molar-refractivity contribution in [3.8, 4) is 0 Å². The zero-order valence-corrected chi connectivity index (χ0v) is 9.98. The summed E-state index contributed by atoms with van der Waals surface area (Å²) in [6, 6.07) is 0. The van der Waals surface area contributed by atoms with Crippen LogP contribution in [0.2, 0.25) is 0 Å². The standard InChI is InChI=1S/C10H19N3OS/c1-3-7-12-9(11)13-8-10(15(2)14)5-4-6-10/h3H,1,4-8H2,2H3,(H3,11,12,13). The molecule has 15 heavy (non-hydrogen) atoms. The van der Waals surface area contributed by atoms with Crippen molar-refractivity contribution in [2.45, 2.75) is 24.0 Å². The summed E-state index contributed by atoms with van der Waals surface area (Å²) in [5.41, 5.74) is 5.64. The Labute approximate surface area is 93.5 Å². The molecule has 3 N–H and O–H groups in total. The first-order valence-corrected chi connectivity index (χ1v) is 6.65. The van der Waals surface area contributed by atoms with E-state index in [4.69, 9.17) is 5.73 Å². The van der Waals surface area contributed by atoms with Gasteiger partial charge in [-0.3, -0.25) is 9.20 Å². The van der Waals surface area contributed by atoms with Crippen LogP contribution in [0, 0.1) is 0 Å². The van der Waals surface area contributed by atoms with Crippen LogP contribution in [0.5, 0.6) is 0 Å². The zero-order chi connectivity index (χ0) is 11.3. The lowest BCUT2D eigenvalue weighted by Gasteiger charge is -2.38. The van der Waals surface area contributed by atoms with Crippen LogP contribution in [0.1, 0.15) is 19.3 Å². The molecule has 0 aromatic rings. The lowest BCUT2D eigenvalue weighted by atomic mass is 9.84. The maximum absolute atomic E-state index is 11.5. The van der Waals surface area contributed by atoms with Crippen molar-refractivity contribution in [2.24, 2.45) is 10.7 Å². The summed E-state index contributed by atoms with van der Waals surface area (Å²) in [4.78, 5) is 4.22. The Kier molecular flexibility index (Phi) is 4.32. The second-order valence-electron chi connectivity index (χ2n) is 3.86. The van der Waals surface area contributed by atoms with Crippen LogP contribution in [0.4, 0.5) is 0 Å². The molecule has 0 heterocycles. The highest BCUT2D eigenvalue weighted by Crippen LogP contribution is 2.37. The van der Waals surface area contributed by atoms with Crippen molar-refractivity contribution < 1.29 is 4.21 Å². The highest BCUT2D eigenvalue weighted by atomic mass is 32.2. The third-order valence-corrected chi connectivity index (χ3v) is 4.60. The van der Waals surface area contributed by atoms with Crippen LogP contribution < -0.4 is 11.1 Å². The first-order chi connectivity index (χ1) is 7.10. The summed E-state index contributed by atoms with van der Waals surface area (Å²) in [5, 5.41) is 2.90. The van der Waals surface area contributed by atoms with Gasteiger partial charge in [-0.1, -0.05) is 12.5 Å². The van der Waals surface area contributed by atoms with Gasteiger partial charge in [0.15, 0.2) is 5.96 Å². The number of rotatable bonds is 5. The van der Waals surface area contributed by atoms with Crippen molar-refractivity contribution in [1.29, 1.82) is 0 Å². The Hall–Kier alpha value is -0.840. The van der Waals surface area contributed by atoms with Crippen molar-refractivity contribution in [1.82, 2.24) is 5.32 Å². The lowest BCUT2D eigenvalue weighted by molar-refractivity contribution is 0.361. The minimum atomic E-state index is -0.815. The van der Waals surface area contributed by atoms with Crippen molar-refractivity contribution in [2.75, 3.05) is 19.3 Å². The second kappa shape index (κ2) is 5.30. The van der Waals surface area contributed by atoms with E-state index in [0.717, 1.165) is 19.3 Å².